The van der Waals surface area contributed by atoms with Gasteiger partial charge >= 0.3 is 0 Å². The first-order valence-electron chi connectivity index (χ1n) is 3.88. The summed E-state index contributed by atoms with van der Waals surface area (Å²) < 4.78 is 12.5. The predicted octanol–water partition coefficient (Wildman–Crippen LogP) is 1.50. The lowest BCUT2D eigenvalue weighted by atomic mass is 10.2. The van der Waals surface area contributed by atoms with Crippen LogP contribution in [0.4, 0.5) is 4.39 Å². The summed E-state index contributed by atoms with van der Waals surface area (Å²) in [6, 6.07) is 6.19. The zero-order valence-electron chi connectivity index (χ0n) is 7.33. The Morgan fingerprint density at radius 1 is 1.46 bits per heavy atom. The monoisotopic (exact) mass is 182 g/mol. The van der Waals surface area contributed by atoms with Gasteiger partial charge in [0.1, 0.15) is 5.82 Å². The maximum atomic E-state index is 12.5. The van der Waals surface area contributed by atoms with Crippen molar-refractivity contribution < 1.29 is 9.23 Å². The van der Waals surface area contributed by atoms with Crippen LogP contribution in [0.2, 0.25) is 0 Å². The van der Waals surface area contributed by atoms with Crippen LogP contribution < -0.4 is 5.48 Å². The summed E-state index contributed by atoms with van der Waals surface area (Å²) in [7, 11) is 1.64. The summed E-state index contributed by atoms with van der Waals surface area (Å²) in [5, 5.41) is 0. The first-order chi connectivity index (χ1) is 6.33. The van der Waals surface area contributed by atoms with E-state index in [2.05, 4.69) is 15.3 Å². The standard InChI is InChI=1S/C9H11FN2O/c1-11-13-7-12-6-8-2-4-9(10)5-3-8/h2-5,7,11H,6H2,1H3. The minimum absolute atomic E-state index is 0.237. The maximum absolute atomic E-state index is 12.5. The molecular formula is C9H11FN2O. The van der Waals surface area contributed by atoms with Crippen molar-refractivity contribution >= 4 is 6.40 Å². The Morgan fingerprint density at radius 2 is 2.15 bits per heavy atom. The fourth-order valence-electron chi connectivity index (χ4n) is 0.822. The van der Waals surface area contributed by atoms with E-state index in [1.807, 2.05) is 0 Å². The zero-order chi connectivity index (χ0) is 9.52. The Hall–Kier alpha value is -1.42. The number of rotatable bonds is 4. The Kier molecular flexibility index (Phi) is 3.92. The van der Waals surface area contributed by atoms with Crippen molar-refractivity contribution in [3.05, 3.63) is 35.6 Å². The number of nitrogens with zero attached hydrogens (tertiary/aromatic N) is 1. The van der Waals surface area contributed by atoms with Crippen molar-refractivity contribution in [3.63, 3.8) is 0 Å². The van der Waals surface area contributed by atoms with Crippen LogP contribution in [-0.4, -0.2) is 13.4 Å². The minimum atomic E-state index is -0.237. The summed E-state index contributed by atoms with van der Waals surface area (Å²) >= 11 is 0. The molecule has 13 heavy (non-hydrogen) atoms. The molecule has 0 radical (unpaired) electrons. The Balaban J connectivity index is 2.41. The summed E-state index contributed by atoms with van der Waals surface area (Å²) in [6.45, 7) is 0.488. The van der Waals surface area contributed by atoms with Gasteiger partial charge in [-0.05, 0) is 17.7 Å². The summed E-state index contributed by atoms with van der Waals surface area (Å²) in [4.78, 5) is 8.59. The van der Waals surface area contributed by atoms with Gasteiger partial charge in [0.15, 0.2) is 6.40 Å². The molecule has 0 amide bonds. The van der Waals surface area contributed by atoms with Gasteiger partial charge in [0, 0.05) is 7.05 Å². The molecule has 0 heterocycles. The van der Waals surface area contributed by atoms with Crippen molar-refractivity contribution in [1.82, 2.24) is 5.48 Å². The van der Waals surface area contributed by atoms with Crippen molar-refractivity contribution in [2.45, 2.75) is 6.54 Å². The number of benzene rings is 1. The fraction of sp³-hybridized carbons (Fsp3) is 0.222. The molecule has 70 valence electrons. The van der Waals surface area contributed by atoms with Crippen LogP contribution in [0.25, 0.3) is 0 Å². The van der Waals surface area contributed by atoms with Crippen LogP contribution in [0.5, 0.6) is 0 Å². The van der Waals surface area contributed by atoms with E-state index in [1.54, 1.807) is 19.2 Å². The molecule has 0 aliphatic rings. The third kappa shape index (κ3) is 3.66. The number of nitrogens with one attached hydrogen (secondary N) is 1. The number of aliphatic imine (C=N–C) groups is 1. The van der Waals surface area contributed by atoms with Crippen molar-refractivity contribution in [1.29, 1.82) is 0 Å². The smallest absolute Gasteiger partial charge is 0.196 e. The van der Waals surface area contributed by atoms with Crippen LogP contribution in [-0.2, 0) is 11.4 Å². The molecule has 0 fully saturated rings. The Morgan fingerprint density at radius 3 is 2.77 bits per heavy atom. The van der Waals surface area contributed by atoms with E-state index >= 15 is 0 Å². The van der Waals surface area contributed by atoms with Gasteiger partial charge in [-0.1, -0.05) is 12.1 Å². The molecule has 4 heteroatoms. The maximum Gasteiger partial charge on any atom is 0.196 e. The van der Waals surface area contributed by atoms with E-state index in [0.717, 1.165) is 5.56 Å². The van der Waals surface area contributed by atoms with E-state index < -0.39 is 0 Å². The van der Waals surface area contributed by atoms with Gasteiger partial charge < -0.3 is 4.84 Å². The second-order valence-corrected chi connectivity index (χ2v) is 2.39. The van der Waals surface area contributed by atoms with Gasteiger partial charge in [0.25, 0.3) is 0 Å². The summed E-state index contributed by atoms with van der Waals surface area (Å²) in [5.41, 5.74) is 3.40. The number of hydrogen-bond donors (Lipinski definition) is 1. The minimum Gasteiger partial charge on any atom is -0.397 e. The topological polar surface area (TPSA) is 33.6 Å². The number of halogens is 1. The molecule has 3 nitrogen and oxygen atoms in total. The molecule has 0 aliphatic carbocycles. The highest BCUT2D eigenvalue weighted by molar-refractivity contribution is 5.45. The second-order valence-electron chi connectivity index (χ2n) is 2.39. The molecular weight excluding hydrogens is 171 g/mol. The molecule has 1 aromatic rings. The Bertz CT molecular complexity index is 271. The van der Waals surface area contributed by atoms with Gasteiger partial charge in [-0.15, -0.1) is 0 Å². The van der Waals surface area contributed by atoms with E-state index in [9.17, 15) is 4.39 Å². The van der Waals surface area contributed by atoms with Crippen molar-refractivity contribution in [2.75, 3.05) is 7.05 Å². The molecule has 0 aliphatic heterocycles. The van der Waals surface area contributed by atoms with Crippen LogP contribution in [0.1, 0.15) is 5.56 Å². The molecule has 1 N–H and O–H groups in total. The fourth-order valence-corrected chi connectivity index (χ4v) is 0.822. The molecule has 0 aromatic heterocycles. The largest absolute Gasteiger partial charge is 0.397 e. The van der Waals surface area contributed by atoms with Gasteiger partial charge in [-0.2, -0.15) is 5.48 Å². The van der Waals surface area contributed by atoms with Gasteiger partial charge in [-0.25, -0.2) is 4.39 Å². The van der Waals surface area contributed by atoms with Crippen LogP contribution in [0, 0.1) is 5.82 Å². The highest BCUT2D eigenvalue weighted by atomic mass is 19.1. The molecule has 0 unspecified atom stereocenters. The number of hydroxylamine groups is 1. The van der Waals surface area contributed by atoms with E-state index in [1.165, 1.54) is 18.5 Å². The van der Waals surface area contributed by atoms with E-state index in [4.69, 9.17) is 0 Å². The van der Waals surface area contributed by atoms with E-state index in [0.29, 0.717) is 6.54 Å². The summed E-state index contributed by atoms with van der Waals surface area (Å²) in [6.07, 6.45) is 1.31. The van der Waals surface area contributed by atoms with Gasteiger partial charge in [0.05, 0.1) is 6.54 Å². The molecule has 0 atom stereocenters. The average molecular weight is 182 g/mol. The van der Waals surface area contributed by atoms with E-state index in [-0.39, 0.29) is 5.82 Å². The second kappa shape index (κ2) is 5.27. The van der Waals surface area contributed by atoms with Gasteiger partial charge in [0.2, 0.25) is 0 Å². The number of hydrogen-bond acceptors (Lipinski definition) is 3. The zero-order valence-corrected chi connectivity index (χ0v) is 7.33. The van der Waals surface area contributed by atoms with Crippen LogP contribution in [0.3, 0.4) is 0 Å². The molecule has 0 spiro atoms. The third-order valence-electron chi connectivity index (χ3n) is 1.43. The molecule has 0 bridgehead atoms. The average Bonchev–Trinajstić information content (AvgIpc) is 2.15. The molecule has 1 rings (SSSR count). The van der Waals surface area contributed by atoms with Gasteiger partial charge in [-0.3, -0.25) is 4.99 Å². The first-order valence-corrected chi connectivity index (χ1v) is 3.88. The van der Waals surface area contributed by atoms with Crippen molar-refractivity contribution in [2.24, 2.45) is 4.99 Å². The highest BCUT2D eigenvalue weighted by Crippen LogP contribution is 2.03. The summed E-state index contributed by atoms with van der Waals surface area (Å²) in [5.74, 6) is -0.237. The highest BCUT2D eigenvalue weighted by Gasteiger charge is 1.90. The molecule has 0 saturated carbocycles. The Labute approximate surface area is 76.2 Å². The lowest BCUT2D eigenvalue weighted by Crippen LogP contribution is -2.04. The molecule has 0 saturated heterocycles. The van der Waals surface area contributed by atoms with Crippen molar-refractivity contribution in [3.8, 4) is 0 Å². The molecule has 1 aromatic carbocycles. The normalized spacial score (nSPS) is 10.6. The van der Waals surface area contributed by atoms with Crippen LogP contribution in [0.15, 0.2) is 29.3 Å². The quantitative estimate of drug-likeness (QED) is 0.435. The first kappa shape index (κ1) is 9.67. The lowest BCUT2D eigenvalue weighted by Gasteiger charge is -1.96. The third-order valence-corrected chi connectivity index (χ3v) is 1.43. The SMILES string of the molecule is CNOC=NCc1ccc(F)cc1. The van der Waals surface area contributed by atoms with Crippen LogP contribution >= 0.6 is 0 Å². The lowest BCUT2D eigenvalue weighted by molar-refractivity contribution is 0.221. The predicted molar refractivity (Wildman–Crippen MR) is 48.7 cm³/mol.